The third kappa shape index (κ3) is 3.03. The van der Waals surface area contributed by atoms with Crippen LogP contribution in [0.15, 0.2) is 12.2 Å². The molecule has 1 aliphatic rings. The molecule has 0 amide bonds. The van der Waals surface area contributed by atoms with E-state index in [1.807, 2.05) is 0 Å². The molecule has 1 aliphatic heterocycles. The molecule has 84 valence electrons. The molecule has 3 atom stereocenters. The molecule has 0 spiro atoms. The first-order chi connectivity index (χ1) is 7.04. The molecule has 0 aliphatic carbocycles. The number of nitrogens with one attached hydrogen (secondary N) is 2. The zero-order chi connectivity index (χ0) is 11.4. The smallest absolute Gasteiger partial charge is 0.303 e. The number of carbonyl (C=O) groups excluding carboxylic acids is 1. The summed E-state index contributed by atoms with van der Waals surface area (Å²) in [6.45, 7) is 3.05. The van der Waals surface area contributed by atoms with Crippen LogP contribution in [-0.4, -0.2) is 35.3 Å². The van der Waals surface area contributed by atoms with E-state index < -0.39 is 12.2 Å². The van der Waals surface area contributed by atoms with Gasteiger partial charge in [0.05, 0.1) is 6.10 Å². The summed E-state index contributed by atoms with van der Waals surface area (Å²) in [6.07, 6.45) is 1.78. The van der Waals surface area contributed by atoms with Gasteiger partial charge in [-0.3, -0.25) is 20.9 Å². The Morgan fingerprint density at radius 1 is 1.60 bits per heavy atom. The summed E-state index contributed by atoms with van der Waals surface area (Å²) in [5.41, 5.74) is 1.71. The number of hydrogen-bond acceptors (Lipinski definition) is 5. The summed E-state index contributed by atoms with van der Waals surface area (Å²) >= 11 is 0. The van der Waals surface area contributed by atoms with Crippen molar-refractivity contribution in [3.8, 4) is 0 Å². The molecule has 15 heavy (non-hydrogen) atoms. The monoisotopic (exact) mass is 214 g/mol. The molecule has 0 unspecified atom stereocenters. The van der Waals surface area contributed by atoms with Gasteiger partial charge in [-0.25, -0.2) is 0 Å². The second-order valence-corrected chi connectivity index (χ2v) is 3.25. The maximum Gasteiger partial charge on any atom is 0.303 e. The molecule has 0 aromatic rings. The second-order valence-electron chi connectivity index (χ2n) is 3.25. The van der Waals surface area contributed by atoms with Crippen LogP contribution in [0.3, 0.4) is 0 Å². The van der Waals surface area contributed by atoms with Crippen LogP contribution in [-0.2, 0) is 14.3 Å². The van der Waals surface area contributed by atoms with E-state index >= 15 is 0 Å². The SMILES string of the molecule is CC(=O)O[C@H]1C=C[C@H](C(=N)NO)O[C@@H]1C. The Balaban J connectivity index is 2.62. The van der Waals surface area contributed by atoms with E-state index in [9.17, 15) is 4.79 Å². The molecule has 0 radical (unpaired) electrons. The quantitative estimate of drug-likeness (QED) is 0.201. The van der Waals surface area contributed by atoms with Crippen molar-refractivity contribution in [2.75, 3.05) is 0 Å². The lowest BCUT2D eigenvalue weighted by Gasteiger charge is -2.29. The van der Waals surface area contributed by atoms with Gasteiger partial charge in [0.1, 0.15) is 12.2 Å². The van der Waals surface area contributed by atoms with Crippen molar-refractivity contribution in [3.63, 3.8) is 0 Å². The number of hydrogen-bond donors (Lipinski definition) is 3. The van der Waals surface area contributed by atoms with Gasteiger partial charge < -0.3 is 9.47 Å². The normalized spacial score (nSPS) is 29.7. The van der Waals surface area contributed by atoms with Crippen LogP contribution < -0.4 is 5.48 Å². The van der Waals surface area contributed by atoms with Crippen molar-refractivity contribution in [2.24, 2.45) is 0 Å². The van der Waals surface area contributed by atoms with Crippen LogP contribution in [0.1, 0.15) is 13.8 Å². The Morgan fingerprint density at radius 3 is 2.73 bits per heavy atom. The van der Waals surface area contributed by atoms with Gasteiger partial charge in [-0.05, 0) is 19.1 Å². The van der Waals surface area contributed by atoms with Gasteiger partial charge in [-0.2, -0.15) is 0 Å². The maximum absolute atomic E-state index is 10.7. The lowest BCUT2D eigenvalue weighted by molar-refractivity contribution is -0.151. The summed E-state index contributed by atoms with van der Waals surface area (Å²) in [4.78, 5) is 10.7. The summed E-state index contributed by atoms with van der Waals surface area (Å²) in [6, 6.07) is 0. The van der Waals surface area contributed by atoms with E-state index in [2.05, 4.69) is 0 Å². The van der Waals surface area contributed by atoms with Crippen LogP contribution >= 0.6 is 0 Å². The van der Waals surface area contributed by atoms with E-state index in [1.165, 1.54) is 6.92 Å². The molecule has 0 saturated carbocycles. The van der Waals surface area contributed by atoms with Gasteiger partial charge in [-0.1, -0.05) is 0 Å². The summed E-state index contributed by atoms with van der Waals surface area (Å²) in [7, 11) is 0. The highest BCUT2D eigenvalue weighted by Gasteiger charge is 2.27. The fourth-order valence-electron chi connectivity index (χ4n) is 1.28. The predicted molar refractivity (Wildman–Crippen MR) is 51.7 cm³/mol. The fourth-order valence-corrected chi connectivity index (χ4v) is 1.28. The Bertz CT molecular complexity index is 290. The highest BCUT2D eigenvalue weighted by molar-refractivity contribution is 5.84. The zero-order valence-electron chi connectivity index (χ0n) is 8.56. The first-order valence-corrected chi connectivity index (χ1v) is 4.54. The van der Waals surface area contributed by atoms with Crippen molar-refractivity contribution >= 4 is 11.8 Å². The highest BCUT2D eigenvalue weighted by atomic mass is 16.6. The molecule has 3 N–H and O–H groups in total. The van der Waals surface area contributed by atoms with Crippen LogP contribution in [0.5, 0.6) is 0 Å². The minimum Gasteiger partial charge on any atom is -0.456 e. The Labute approximate surface area is 87.3 Å². The minimum atomic E-state index is -0.628. The van der Waals surface area contributed by atoms with Crippen LogP contribution in [0.4, 0.5) is 0 Å². The molecule has 6 heteroatoms. The van der Waals surface area contributed by atoms with E-state index in [0.717, 1.165) is 0 Å². The molecule has 6 nitrogen and oxygen atoms in total. The molecule has 1 rings (SSSR count). The third-order valence-corrected chi connectivity index (χ3v) is 2.01. The number of esters is 1. The number of amidine groups is 1. The first kappa shape index (κ1) is 11.7. The topological polar surface area (TPSA) is 91.6 Å². The van der Waals surface area contributed by atoms with Gasteiger partial charge in [-0.15, -0.1) is 0 Å². The lowest BCUT2D eigenvalue weighted by atomic mass is 10.1. The standard InChI is InChI=1S/C9H14N2O4/c1-5-7(15-6(2)12)3-4-8(14-5)9(10)11-13/h3-5,7-8,13H,1-2H3,(H2,10,11)/t5-,7+,8-/m1/s1. The molecular formula is C9H14N2O4. The fraction of sp³-hybridized carbons (Fsp3) is 0.556. The van der Waals surface area contributed by atoms with E-state index in [-0.39, 0.29) is 17.9 Å². The maximum atomic E-state index is 10.7. The molecule has 0 fully saturated rings. The molecule has 1 heterocycles. The van der Waals surface area contributed by atoms with Crippen molar-refractivity contribution < 1.29 is 19.5 Å². The molecule has 0 saturated heterocycles. The average molecular weight is 214 g/mol. The molecule has 0 bridgehead atoms. The highest BCUT2D eigenvalue weighted by Crippen LogP contribution is 2.15. The van der Waals surface area contributed by atoms with Crippen molar-refractivity contribution in [2.45, 2.75) is 32.2 Å². The summed E-state index contributed by atoms with van der Waals surface area (Å²) < 4.78 is 10.3. The zero-order valence-corrected chi connectivity index (χ0v) is 8.56. The van der Waals surface area contributed by atoms with Crippen LogP contribution in [0.25, 0.3) is 0 Å². The third-order valence-electron chi connectivity index (χ3n) is 2.01. The Hall–Kier alpha value is -1.40. The predicted octanol–water partition coefficient (Wildman–Crippen LogP) is 0.218. The largest absolute Gasteiger partial charge is 0.456 e. The van der Waals surface area contributed by atoms with Crippen molar-refractivity contribution in [1.29, 1.82) is 5.41 Å². The first-order valence-electron chi connectivity index (χ1n) is 4.54. The Kier molecular flexibility index (Phi) is 3.81. The minimum absolute atomic E-state index is 0.153. The van der Waals surface area contributed by atoms with E-state index in [0.29, 0.717) is 0 Å². The average Bonchev–Trinajstić information content (AvgIpc) is 2.19. The number of ether oxygens (including phenoxy) is 2. The van der Waals surface area contributed by atoms with Gasteiger partial charge in [0.25, 0.3) is 0 Å². The van der Waals surface area contributed by atoms with Gasteiger partial charge >= 0.3 is 5.97 Å². The Morgan fingerprint density at radius 2 is 2.27 bits per heavy atom. The number of carbonyl (C=O) groups is 1. The van der Waals surface area contributed by atoms with Crippen molar-refractivity contribution in [3.05, 3.63) is 12.2 Å². The van der Waals surface area contributed by atoms with E-state index in [1.54, 1.807) is 24.6 Å². The summed E-state index contributed by atoms with van der Waals surface area (Å²) in [5.74, 6) is -0.534. The second kappa shape index (κ2) is 4.90. The van der Waals surface area contributed by atoms with Gasteiger partial charge in [0, 0.05) is 6.92 Å². The molecule has 0 aromatic heterocycles. The van der Waals surface area contributed by atoms with Crippen LogP contribution in [0.2, 0.25) is 0 Å². The van der Waals surface area contributed by atoms with Gasteiger partial charge in [0.2, 0.25) is 0 Å². The number of hydroxylamine groups is 1. The molecular weight excluding hydrogens is 200 g/mol. The van der Waals surface area contributed by atoms with Gasteiger partial charge in [0.15, 0.2) is 5.84 Å². The number of rotatable bonds is 2. The lowest BCUT2D eigenvalue weighted by Crippen LogP contribution is -2.42. The van der Waals surface area contributed by atoms with Crippen molar-refractivity contribution in [1.82, 2.24) is 5.48 Å². The van der Waals surface area contributed by atoms with E-state index in [4.69, 9.17) is 20.1 Å². The molecule has 0 aromatic carbocycles. The van der Waals surface area contributed by atoms with Crippen LogP contribution in [0, 0.1) is 5.41 Å². The summed E-state index contributed by atoms with van der Waals surface area (Å²) in [5, 5.41) is 15.8.